The minimum atomic E-state index is -3.55. The maximum Gasteiger partial charge on any atom is 0.331 e. The van der Waals surface area contributed by atoms with Crippen LogP contribution in [0.2, 0.25) is 0 Å². The Morgan fingerprint density at radius 1 is 1.03 bits per heavy atom. The van der Waals surface area contributed by atoms with Crippen LogP contribution in [0.4, 0.5) is 8.78 Å². The summed E-state index contributed by atoms with van der Waals surface area (Å²) in [5, 5.41) is 0. The summed E-state index contributed by atoms with van der Waals surface area (Å²) in [6.07, 6.45) is 6.42. The molecule has 2 heterocycles. The fourth-order valence-electron chi connectivity index (χ4n) is 3.94. The molecular weight excluding hydrogens is 464 g/mol. The van der Waals surface area contributed by atoms with E-state index in [2.05, 4.69) is 4.98 Å². The van der Waals surface area contributed by atoms with Gasteiger partial charge in [0.05, 0.1) is 15.9 Å². The molecule has 1 aromatic heterocycles. The average Bonchev–Trinajstić information content (AvgIpc) is 2.98. The second kappa shape index (κ2) is 10.4. The van der Waals surface area contributed by atoms with Gasteiger partial charge in [-0.05, 0) is 48.7 Å². The van der Waals surface area contributed by atoms with Crippen LogP contribution in [-0.4, -0.2) is 41.3 Å². The van der Waals surface area contributed by atoms with Crippen LogP contribution in [0.5, 0.6) is 0 Å². The predicted octanol–water partition coefficient (Wildman–Crippen LogP) is 4.75. The third-order valence-electron chi connectivity index (χ3n) is 5.70. The van der Waals surface area contributed by atoms with E-state index in [0.29, 0.717) is 24.2 Å². The van der Waals surface area contributed by atoms with Gasteiger partial charge >= 0.3 is 12.5 Å². The topological polar surface area (TPSA) is 81.5 Å². The molecule has 10 heteroatoms. The molecular formula is C24H25F2N3O4S. The number of para-hydroxylation sites is 2. The highest BCUT2D eigenvalue weighted by Gasteiger charge is 2.25. The zero-order valence-corrected chi connectivity index (χ0v) is 19.3. The first-order valence-corrected chi connectivity index (χ1v) is 12.5. The van der Waals surface area contributed by atoms with Crippen molar-refractivity contribution < 1.29 is 26.7 Å². The Balaban J connectivity index is 1.39. The molecule has 0 N–H and O–H groups in total. The van der Waals surface area contributed by atoms with Gasteiger partial charge in [0.1, 0.15) is 6.61 Å². The number of sulfonamides is 1. The Morgan fingerprint density at radius 2 is 1.71 bits per heavy atom. The van der Waals surface area contributed by atoms with E-state index in [9.17, 15) is 22.0 Å². The summed E-state index contributed by atoms with van der Waals surface area (Å²) in [5.74, 6) is -0.782. The molecule has 34 heavy (non-hydrogen) atoms. The SMILES string of the molecule is O=C(/C=C/c1ccc(S(=O)(=O)N2CCCCCC2)cc1)OCc1nc2ccccc2n1C(F)F. The van der Waals surface area contributed by atoms with E-state index < -0.39 is 29.1 Å². The lowest BCUT2D eigenvalue weighted by Gasteiger charge is -2.19. The van der Waals surface area contributed by atoms with Gasteiger partial charge in [0.25, 0.3) is 0 Å². The zero-order valence-electron chi connectivity index (χ0n) is 18.4. The number of carbonyl (C=O) groups is 1. The standard InChI is InChI=1S/C24H25F2N3O4S/c25-24(26)29-21-8-4-3-7-20(21)27-22(29)17-33-23(30)14-11-18-9-12-19(13-10-18)34(31,32)28-15-5-1-2-6-16-28/h3-4,7-14,24H,1-2,5-6,15-17H2/b14-11+. The number of rotatable bonds is 7. The van der Waals surface area contributed by atoms with Crippen LogP contribution in [0.3, 0.4) is 0 Å². The number of halogens is 2. The van der Waals surface area contributed by atoms with Crippen molar-refractivity contribution in [3.05, 3.63) is 66.0 Å². The third-order valence-corrected chi connectivity index (χ3v) is 7.62. The average molecular weight is 490 g/mol. The van der Waals surface area contributed by atoms with E-state index in [1.54, 1.807) is 30.3 Å². The van der Waals surface area contributed by atoms with Crippen LogP contribution in [-0.2, 0) is 26.2 Å². The largest absolute Gasteiger partial charge is 0.454 e. The molecule has 2 aromatic carbocycles. The van der Waals surface area contributed by atoms with E-state index >= 15 is 0 Å². The van der Waals surface area contributed by atoms with Crippen molar-refractivity contribution in [3.8, 4) is 0 Å². The zero-order chi connectivity index (χ0) is 24.1. The molecule has 180 valence electrons. The lowest BCUT2D eigenvalue weighted by molar-refractivity contribution is -0.139. The molecule has 4 rings (SSSR count). The van der Waals surface area contributed by atoms with Crippen molar-refractivity contribution in [2.24, 2.45) is 0 Å². The smallest absolute Gasteiger partial charge is 0.331 e. The highest BCUT2D eigenvalue weighted by atomic mass is 32.2. The summed E-state index contributed by atoms with van der Waals surface area (Å²) >= 11 is 0. The number of carbonyl (C=O) groups excluding carboxylic acids is 1. The van der Waals surface area contributed by atoms with Crippen molar-refractivity contribution in [2.45, 2.75) is 43.7 Å². The first-order chi connectivity index (χ1) is 16.4. The minimum absolute atomic E-state index is 0.0546. The Kier molecular flexibility index (Phi) is 7.38. The van der Waals surface area contributed by atoms with E-state index in [4.69, 9.17) is 4.74 Å². The van der Waals surface area contributed by atoms with Crippen molar-refractivity contribution in [1.29, 1.82) is 0 Å². The summed E-state index contributed by atoms with van der Waals surface area (Å²) in [7, 11) is -3.55. The molecule has 0 aliphatic carbocycles. The lowest BCUT2D eigenvalue weighted by Crippen LogP contribution is -2.31. The van der Waals surface area contributed by atoms with Crippen LogP contribution >= 0.6 is 0 Å². The number of ether oxygens (including phenoxy) is 1. The van der Waals surface area contributed by atoms with E-state index in [1.807, 2.05) is 0 Å². The van der Waals surface area contributed by atoms with Crippen LogP contribution in [0, 0.1) is 0 Å². The third kappa shape index (κ3) is 5.34. The molecule has 0 unspecified atom stereocenters. The first kappa shape index (κ1) is 24.0. The number of fused-ring (bicyclic) bond motifs is 1. The van der Waals surface area contributed by atoms with Gasteiger partial charge in [-0.25, -0.2) is 18.2 Å². The molecule has 0 atom stereocenters. The minimum Gasteiger partial charge on any atom is -0.454 e. The Labute approximate surface area is 196 Å². The van der Waals surface area contributed by atoms with Crippen LogP contribution in [0.1, 0.15) is 43.6 Å². The molecule has 0 saturated carbocycles. The van der Waals surface area contributed by atoms with Crippen LogP contribution < -0.4 is 0 Å². The normalized spacial score (nSPS) is 15.7. The monoisotopic (exact) mass is 489 g/mol. The number of nitrogens with zero attached hydrogens (tertiary/aromatic N) is 3. The second-order valence-electron chi connectivity index (χ2n) is 7.99. The molecule has 0 radical (unpaired) electrons. The van der Waals surface area contributed by atoms with Crippen LogP contribution in [0.25, 0.3) is 17.1 Å². The molecule has 0 spiro atoms. The van der Waals surface area contributed by atoms with Gasteiger partial charge in [-0.3, -0.25) is 4.57 Å². The fourth-order valence-corrected chi connectivity index (χ4v) is 5.46. The molecule has 0 bridgehead atoms. The van der Waals surface area contributed by atoms with Crippen LogP contribution in [0.15, 0.2) is 59.5 Å². The quantitative estimate of drug-likeness (QED) is 0.353. The molecule has 0 amide bonds. The highest BCUT2D eigenvalue weighted by Crippen LogP contribution is 2.24. The lowest BCUT2D eigenvalue weighted by atomic mass is 10.2. The van der Waals surface area contributed by atoms with Crippen molar-refractivity contribution in [2.75, 3.05) is 13.1 Å². The number of aromatic nitrogens is 2. The summed E-state index contributed by atoms with van der Waals surface area (Å²) in [5.41, 5.74) is 1.25. The number of esters is 1. The summed E-state index contributed by atoms with van der Waals surface area (Å²) in [6.45, 7) is -2.18. The maximum atomic E-state index is 13.5. The Morgan fingerprint density at radius 3 is 2.38 bits per heavy atom. The first-order valence-electron chi connectivity index (χ1n) is 11.1. The number of alkyl halides is 2. The maximum absolute atomic E-state index is 13.5. The number of imidazole rings is 1. The highest BCUT2D eigenvalue weighted by molar-refractivity contribution is 7.89. The van der Waals surface area contributed by atoms with Gasteiger partial charge in [0.2, 0.25) is 10.0 Å². The Bertz CT molecular complexity index is 1280. The predicted molar refractivity (Wildman–Crippen MR) is 123 cm³/mol. The second-order valence-corrected chi connectivity index (χ2v) is 9.93. The molecule has 1 aliphatic heterocycles. The molecule has 7 nitrogen and oxygen atoms in total. The van der Waals surface area contributed by atoms with Gasteiger partial charge < -0.3 is 4.74 Å². The van der Waals surface area contributed by atoms with Crippen molar-refractivity contribution in [1.82, 2.24) is 13.9 Å². The summed E-state index contributed by atoms with van der Waals surface area (Å²) in [4.78, 5) is 16.4. The van der Waals surface area contributed by atoms with Gasteiger partial charge in [0, 0.05) is 19.2 Å². The number of hydrogen-bond donors (Lipinski definition) is 0. The van der Waals surface area contributed by atoms with Crippen molar-refractivity contribution in [3.63, 3.8) is 0 Å². The number of hydrogen-bond acceptors (Lipinski definition) is 5. The van der Waals surface area contributed by atoms with E-state index in [-0.39, 0.29) is 16.2 Å². The molecule has 1 saturated heterocycles. The van der Waals surface area contributed by atoms with Gasteiger partial charge in [-0.1, -0.05) is 37.1 Å². The molecule has 1 fully saturated rings. The Hall–Kier alpha value is -3.11. The fraction of sp³-hybridized carbons (Fsp3) is 0.333. The number of benzene rings is 2. The van der Waals surface area contributed by atoms with Gasteiger partial charge in [0.15, 0.2) is 5.82 Å². The van der Waals surface area contributed by atoms with E-state index in [1.165, 1.54) is 28.6 Å². The van der Waals surface area contributed by atoms with Gasteiger partial charge in [-0.2, -0.15) is 13.1 Å². The summed E-state index contributed by atoms with van der Waals surface area (Å²) < 4.78 is 60.0. The molecule has 3 aromatic rings. The van der Waals surface area contributed by atoms with Crippen molar-refractivity contribution >= 4 is 33.1 Å². The summed E-state index contributed by atoms with van der Waals surface area (Å²) in [6, 6.07) is 12.7. The van der Waals surface area contributed by atoms with E-state index in [0.717, 1.165) is 36.3 Å². The van der Waals surface area contributed by atoms with Gasteiger partial charge in [-0.15, -0.1) is 0 Å². The molecule has 1 aliphatic rings.